The molecule has 38 heavy (non-hydrogen) atoms. The molecule has 1 saturated carbocycles. The van der Waals surface area contributed by atoms with Gasteiger partial charge in [0.25, 0.3) is 0 Å². The Labute approximate surface area is 223 Å². The quantitative estimate of drug-likeness (QED) is 0.338. The molecule has 1 aliphatic heterocycles. The van der Waals surface area contributed by atoms with Gasteiger partial charge in [0.1, 0.15) is 5.82 Å². The van der Waals surface area contributed by atoms with Crippen LogP contribution in [0.5, 0.6) is 0 Å². The van der Waals surface area contributed by atoms with E-state index in [-0.39, 0.29) is 0 Å². The number of benzene rings is 1. The van der Waals surface area contributed by atoms with Gasteiger partial charge in [-0.3, -0.25) is 4.98 Å². The molecule has 3 aromatic heterocycles. The molecule has 2 aliphatic rings. The third-order valence-corrected chi connectivity index (χ3v) is 7.73. The maximum atomic E-state index is 5.58. The molecule has 2 fully saturated rings. The fraction of sp³-hybridized carbons (Fsp3) is 0.400. The van der Waals surface area contributed by atoms with Crippen LogP contribution >= 0.6 is 0 Å². The average molecular weight is 510 g/mol. The van der Waals surface area contributed by atoms with Crippen molar-refractivity contribution >= 4 is 11.5 Å². The van der Waals surface area contributed by atoms with E-state index in [2.05, 4.69) is 72.1 Å². The van der Waals surface area contributed by atoms with Crippen molar-refractivity contribution in [3.63, 3.8) is 0 Å². The maximum Gasteiger partial charge on any atom is 0.247 e. The first kappa shape index (κ1) is 24.6. The van der Waals surface area contributed by atoms with Crippen LogP contribution in [0.15, 0.2) is 71.5 Å². The van der Waals surface area contributed by atoms with Gasteiger partial charge in [0, 0.05) is 73.5 Å². The van der Waals surface area contributed by atoms with Gasteiger partial charge in [-0.1, -0.05) is 18.9 Å². The highest BCUT2D eigenvalue weighted by atomic mass is 16.4. The monoisotopic (exact) mass is 509 g/mol. The van der Waals surface area contributed by atoms with Crippen LogP contribution in [-0.4, -0.2) is 51.4 Å². The van der Waals surface area contributed by atoms with Gasteiger partial charge in [-0.25, -0.2) is 4.98 Å². The Morgan fingerprint density at radius 1 is 0.868 bits per heavy atom. The molecule has 3 atom stereocenters. The first-order chi connectivity index (χ1) is 18.7. The molecule has 0 radical (unpaired) electrons. The number of pyridine rings is 2. The molecule has 1 aromatic carbocycles. The standard InChI is InChI=1S/C30H35N7O/c1-21-35-36-30(38-21)22-10-12-26(13-11-22)37-17-5-7-25(20-37)33-27-8-2-3-9-28(27)34-29-18-23(14-16-32-29)24-6-4-15-31-19-24/h4,6,10-16,18-19,25,27-28,33H,2-3,5,7-9,17,20H2,1H3,(H,32,34)/t25?,27-,28-/m1/s1. The number of aryl methyl sites for hydroxylation is 1. The zero-order chi connectivity index (χ0) is 25.7. The van der Waals surface area contributed by atoms with E-state index in [9.17, 15) is 0 Å². The van der Waals surface area contributed by atoms with Crippen molar-refractivity contribution < 1.29 is 4.42 Å². The summed E-state index contributed by atoms with van der Waals surface area (Å²) in [6.45, 7) is 3.90. The van der Waals surface area contributed by atoms with E-state index in [1.807, 2.05) is 31.5 Å². The largest absolute Gasteiger partial charge is 0.421 e. The van der Waals surface area contributed by atoms with Crippen molar-refractivity contribution in [1.82, 2.24) is 25.5 Å². The molecule has 8 nitrogen and oxygen atoms in total. The Bertz CT molecular complexity index is 1320. The highest BCUT2D eigenvalue weighted by Gasteiger charge is 2.29. The van der Waals surface area contributed by atoms with Crippen LogP contribution < -0.4 is 15.5 Å². The Kier molecular flexibility index (Phi) is 7.31. The minimum absolute atomic E-state index is 0.368. The fourth-order valence-electron chi connectivity index (χ4n) is 5.79. The minimum atomic E-state index is 0.368. The Morgan fingerprint density at radius 2 is 1.74 bits per heavy atom. The molecule has 0 bridgehead atoms. The van der Waals surface area contributed by atoms with E-state index in [1.54, 1.807) is 6.20 Å². The first-order valence-corrected chi connectivity index (χ1v) is 13.8. The van der Waals surface area contributed by atoms with E-state index < -0.39 is 0 Å². The van der Waals surface area contributed by atoms with Crippen LogP contribution in [0.25, 0.3) is 22.6 Å². The van der Waals surface area contributed by atoms with Gasteiger partial charge in [0.2, 0.25) is 11.8 Å². The maximum absolute atomic E-state index is 5.58. The predicted octanol–water partition coefficient (Wildman–Crippen LogP) is 5.48. The molecule has 1 saturated heterocycles. The number of nitrogens with zero attached hydrogens (tertiary/aromatic N) is 5. The van der Waals surface area contributed by atoms with Crippen LogP contribution in [0, 0.1) is 6.92 Å². The van der Waals surface area contributed by atoms with E-state index in [0.717, 1.165) is 42.0 Å². The second-order valence-electron chi connectivity index (χ2n) is 10.4. The normalized spacial score (nSPS) is 21.8. The third-order valence-electron chi connectivity index (χ3n) is 7.73. The second-order valence-corrected chi connectivity index (χ2v) is 10.4. The summed E-state index contributed by atoms with van der Waals surface area (Å²) in [5, 5.41) is 15.9. The van der Waals surface area contributed by atoms with E-state index in [1.165, 1.54) is 37.8 Å². The number of nitrogens with one attached hydrogen (secondary N) is 2. The van der Waals surface area contributed by atoms with Crippen LogP contribution in [-0.2, 0) is 0 Å². The van der Waals surface area contributed by atoms with Gasteiger partial charge < -0.3 is 20.0 Å². The number of hydrogen-bond acceptors (Lipinski definition) is 8. The van der Waals surface area contributed by atoms with Gasteiger partial charge in [0.15, 0.2) is 0 Å². The van der Waals surface area contributed by atoms with Crippen molar-refractivity contribution in [3.8, 4) is 22.6 Å². The van der Waals surface area contributed by atoms with Crippen LogP contribution in [0.4, 0.5) is 11.5 Å². The summed E-state index contributed by atoms with van der Waals surface area (Å²) in [6.07, 6.45) is 12.8. The Balaban J connectivity index is 1.10. The number of anilines is 2. The third kappa shape index (κ3) is 5.70. The molecule has 1 unspecified atom stereocenters. The highest BCUT2D eigenvalue weighted by molar-refractivity contribution is 5.65. The van der Waals surface area contributed by atoms with Crippen LogP contribution in [0.1, 0.15) is 44.4 Å². The molecule has 196 valence electrons. The number of piperidine rings is 1. The number of hydrogen-bond donors (Lipinski definition) is 2. The van der Waals surface area contributed by atoms with Gasteiger partial charge >= 0.3 is 0 Å². The molecular formula is C30H35N7O. The van der Waals surface area contributed by atoms with Crippen LogP contribution in [0.2, 0.25) is 0 Å². The van der Waals surface area contributed by atoms with Crippen molar-refractivity contribution in [2.75, 3.05) is 23.3 Å². The Hall–Kier alpha value is -3.78. The summed E-state index contributed by atoms with van der Waals surface area (Å²) < 4.78 is 5.58. The average Bonchev–Trinajstić information content (AvgIpc) is 3.41. The van der Waals surface area contributed by atoms with Crippen molar-refractivity contribution in [2.45, 2.75) is 63.6 Å². The molecule has 0 amide bonds. The molecule has 8 heteroatoms. The molecule has 6 rings (SSSR count). The lowest BCUT2D eigenvalue weighted by molar-refractivity contribution is 0.293. The van der Waals surface area contributed by atoms with Crippen molar-refractivity contribution in [2.24, 2.45) is 0 Å². The second kappa shape index (κ2) is 11.3. The van der Waals surface area contributed by atoms with Gasteiger partial charge in [0.05, 0.1) is 0 Å². The molecule has 0 spiro atoms. The summed E-state index contributed by atoms with van der Waals surface area (Å²) in [5.74, 6) is 2.09. The minimum Gasteiger partial charge on any atom is -0.421 e. The SMILES string of the molecule is Cc1nnc(-c2ccc(N3CCCC(N[C@@H]4CCCC[C@H]4Nc4cc(-c5cccnc5)ccn4)C3)cc2)o1. The summed E-state index contributed by atoms with van der Waals surface area (Å²) in [7, 11) is 0. The zero-order valence-corrected chi connectivity index (χ0v) is 21.9. The highest BCUT2D eigenvalue weighted by Crippen LogP contribution is 2.28. The van der Waals surface area contributed by atoms with Gasteiger partial charge in [-0.15, -0.1) is 10.2 Å². The van der Waals surface area contributed by atoms with Crippen molar-refractivity contribution in [3.05, 3.63) is 73.0 Å². The lowest BCUT2D eigenvalue weighted by Crippen LogP contribution is -2.54. The Morgan fingerprint density at radius 3 is 2.53 bits per heavy atom. The molecule has 4 aromatic rings. The lowest BCUT2D eigenvalue weighted by Gasteiger charge is -2.40. The molecule has 2 N–H and O–H groups in total. The van der Waals surface area contributed by atoms with E-state index in [0.29, 0.717) is 29.9 Å². The molecule has 1 aliphatic carbocycles. The van der Waals surface area contributed by atoms with Gasteiger partial charge in [-0.05, 0) is 73.7 Å². The fourth-order valence-corrected chi connectivity index (χ4v) is 5.79. The molecule has 4 heterocycles. The predicted molar refractivity (Wildman–Crippen MR) is 150 cm³/mol. The molecular weight excluding hydrogens is 474 g/mol. The van der Waals surface area contributed by atoms with E-state index >= 15 is 0 Å². The summed E-state index contributed by atoms with van der Waals surface area (Å²) >= 11 is 0. The topological polar surface area (TPSA) is 92.0 Å². The van der Waals surface area contributed by atoms with E-state index in [4.69, 9.17) is 4.42 Å². The van der Waals surface area contributed by atoms with Gasteiger partial charge in [-0.2, -0.15) is 0 Å². The number of rotatable bonds is 7. The first-order valence-electron chi connectivity index (χ1n) is 13.8. The summed E-state index contributed by atoms with van der Waals surface area (Å²) in [5.41, 5.74) is 4.45. The van der Waals surface area contributed by atoms with Crippen molar-refractivity contribution in [1.29, 1.82) is 0 Å². The lowest BCUT2D eigenvalue weighted by atomic mass is 9.89. The summed E-state index contributed by atoms with van der Waals surface area (Å²) in [4.78, 5) is 11.4. The van der Waals surface area contributed by atoms with Crippen LogP contribution in [0.3, 0.4) is 0 Å². The summed E-state index contributed by atoms with van der Waals surface area (Å²) in [6, 6.07) is 18.0. The smallest absolute Gasteiger partial charge is 0.247 e. The number of aromatic nitrogens is 4. The zero-order valence-electron chi connectivity index (χ0n) is 21.9.